The molecule has 1 unspecified atom stereocenters. The van der Waals surface area contributed by atoms with Crippen LogP contribution in [0.5, 0.6) is 0 Å². The first-order valence-electron chi connectivity index (χ1n) is 8.03. The molecular weight excluding hydrogens is 324 g/mol. The van der Waals surface area contributed by atoms with Crippen molar-refractivity contribution in [3.8, 4) is 0 Å². The maximum absolute atomic E-state index is 12.5. The third-order valence-corrected chi connectivity index (χ3v) is 4.54. The van der Waals surface area contributed by atoms with Crippen LogP contribution in [0, 0.1) is 5.92 Å². The van der Waals surface area contributed by atoms with Crippen molar-refractivity contribution < 1.29 is 9.59 Å². The predicted molar refractivity (Wildman–Crippen MR) is 96.4 cm³/mol. The van der Waals surface area contributed by atoms with Gasteiger partial charge >= 0.3 is 0 Å². The largest absolute Gasteiger partial charge is 0.326 e. The third-order valence-electron chi connectivity index (χ3n) is 4.29. The molecule has 1 atom stereocenters. The number of rotatable bonds is 4. The van der Waals surface area contributed by atoms with Crippen LogP contribution in [0.2, 0.25) is 5.02 Å². The Morgan fingerprint density at radius 2 is 1.92 bits per heavy atom. The van der Waals surface area contributed by atoms with Gasteiger partial charge in [0.2, 0.25) is 11.8 Å². The fourth-order valence-electron chi connectivity index (χ4n) is 2.94. The molecule has 0 spiro atoms. The molecule has 1 heterocycles. The van der Waals surface area contributed by atoms with Gasteiger partial charge in [0.25, 0.3) is 0 Å². The number of para-hydroxylation sites is 1. The molecule has 3 rings (SSSR count). The smallest absolute Gasteiger partial charge is 0.229 e. The van der Waals surface area contributed by atoms with Gasteiger partial charge < -0.3 is 10.2 Å². The molecule has 0 aromatic heterocycles. The molecule has 0 radical (unpaired) electrons. The van der Waals surface area contributed by atoms with Crippen LogP contribution in [0.15, 0.2) is 48.5 Å². The molecule has 1 aliphatic heterocycles. The Morgan fingerprint density at radius 1 is 1.21 bits per heavy atom. The van der Waals surface area contributed by atoms with Crippen LogP contribution in [-0.2, 0) is 16.0 Å². The normalized spacial score (nSPS) is 17.2. The minimum Gasteiger partial charge on any atom is -0.326 e. The first-order valence-corrected chi connectivity index (χ1v) is 8.41. The molecule has 24 heavy (non-hydrogen) atoms. The number of hydrogen-bond donors (Lipinski definition) is 1. The summed E-state index contributed by atoms with van der Waals surface area (Å²) in [5.41, 5.74) is 2.68. The van der Waals surface area contributed by atoms with E-state index in [1.54, 1.807) is 29.2 Å². The minimum atomic E-state index is -0.349. The van der Waals surface area contributed by atoms with Crippen molar-refractivity contribution in [2.24, 2.45) is 5.92 Å². The zero-order valence-electron chi connectivity index (χ0n) is 13.5. The molecule has 5 heteroatoms. The van der Waals surface area contributed by atoms with Gasteiger partial charge in [-0.1, -0.05) is 36.7 Å². The molecule has 2 aromatic rings. The maximum Gasteiger partial charge on any atom is 0.229 e. The SMILES string of the molecule is CCc1ccccc1NC(=O)C1CC(=O)N(c2ccc(Cl)cc2)C1. The zero-order chi connectivity index (χ0) is 17.1. The molecule has 2 aromatic carbocycles. The second kappa shape index (κ2) is 7.05. The van der Waals surface area contributed by atoms with Gasteiger partial charge in [0.1, 0.15) is 0 Å². The Hall–Kier alpha value is -2.33. The van der Waals surface area contributed by atoms with E-state index in [9.17, 15) is 9.59 Å². The summed E-state index contributed by atoms with van der Waals surface area (Å²) in [5, 5.41) is 3.59. The van der Waals surface area contributed by atoms with Gasteiger partial charge in [0.05, 0.1) is 5.92 Å². The average molecular weight is 343 g/mol. The van der Waals surface area contributed by atoms with Crippen LogP contribution >= 0.6 is 11.6 Å². The Kier molecular flexibility index (Phi) is 4.86. The second-order valence-corrected chi connectivity index (χ2v) is 6.32. The van der Waals surface area contributed by atoms with E-state index in [-0.39, 0.29) is 24.2 Å². The van der Waals surface area contributed by atoms with Crippen molar-refractivity contribution in [1.82, 2.24) is 0 Å². The van der Waals surface area contributed by atoms with E-state index in [1.165, 1.54) is 0 Å². The minimum absolute atomic E-state index is 0.0405. The molecule has 1 saturated heterocycles. The summed E-state index contributed by atoms with van der Waals surface area (Å²) < 4.78 is 0. The predicted octanol–water partition coefficient (Wildman–Crippen LogP) is 3.89. The second-order valence-electron chi connectivity index (χ2n) is 5.88. The highest BCUT2D eigenvalue weighted by Crippen LogP contribution is 2.27. The molecule has 1 fully saturated rings. The molecule has 2 amide bonds. The first kappa shape index (κ1) is 16.5. The number of amides is 2. The van der Waals surface area contributed by atoms with Crippen molar-refractivity contribution in [2.45, 2.75) is 19.8 Å². The lowest BCUT2D eigenvalue weighted by Crippen LogP contribution is -2.28. The lowest BCUT2D eigenvalue weighted by molar-refractivity contribution is -0.122. The molecule has 4 nitrogen and oxygen atoms in total. The van der Waals surface area contributed by atoms with Gasteiger partial charge in [-0.05, 0) is 42.3 Å². The van der Waals surface area contributed by atoms with Crippen LogP contribution in [0.1, 0.15) is 18.9 Å². The lowest BCUT2D eigenvalue weighted by Gasteiger charge is -2.17. The summed E-state index contributed by atoms with van der Waals surface area (Å²) in [6.45, 7) is 2.44. The van der Waals surface area contributed by atoms with E-state index in [2.05, 4.69) is 5.32 Å². The van der Waals surface area contributed by atoms with Crippen molar-refractivity contribution in [3.63, 3.8) is 0 Å². The number of halogens is 1. The number of nitrogens with one attached hydrogen (secondary N) is 1. The van der Waals surface area contributed by atoms with Crippen molar-refractivity contribution in [1.29, 1.82) is 0 Å². The Balaban J connectivity index is 1.71. The number of anilines is 2. The van der Waals surface area contributed by atoms with Crippen molar-refractivity contribution in [2.75, 3.05) is 16.8 Å². The highest BCUT2D eigenvalue weighted by atomic mass is 35.5. The van der Waals surface area contributed by atoms with Gasteiger partial charge in [-0.15, -0.1) is 0 Å². The topological polar surface area (TPSA) is 49.4 Å². The molecule has 124 valence electrons. The number of benzene rings is 2. The quantitative estimate of drug-likeness (QED) is 0.916. The first-order chi connectivity index (χ1) is 11.6. The fourth-order valence-corrected chi connectivity index (χ4v) is 3.07. The van der Waals surface area contributed by atoms with Crippen LogP contribution in [0.4, 0.5) is 11.4 Å². The van der Waals surface area contributed by atoms with Crippen LogP contribution in [0.25, 0.3) is 0 Å². The molecule has 0 aliphatic carbocycles. The Morgan fingerprint density at radius 3 is 2.62 bits per heavy atom. The summed E-state index contributed by atoms with van der Waals surface area (Å²) >= 11 is 5.89. The molecule has 0 saturated carbocycles. The van der Waals surface area contributed by atoms with E-state index < -0.39 is 0 Å². The van der Waals surface area contributed by atoms with Gasteiger partial charge in [-0.3, -0.25) is 9.59 Å². The van der Waals surface area contributed by atoms with E-state index in [4.69, 9.17) is 11.6 Å². The fraction of sp³-hybridized carbons (Fsp3) is 0.263. The molecule has 1 aliphatic rings. The molecule has 0 bridgehead atoms. The highest BCUT2D eigenvalue weighted by molar-refractivity contribution is 6.30. The highest BCUT2D eigenvalue weighted by Gasteiger charge is 2.35. The summed E-state index contributed by atoms with van der Waals surface area (Å²) in [7, 11) is 0. The third kappa shape index (κ3) is 3.44. The van der Waals surface area contributed by atoms with E-state index >= 15 is 0 Å². The van der Waals surface area contributed by atoms with Gasteiger partial charge in [0.15, 0.2) is 0 Å². The number of aryl methyl sites for hydroxylation is 1. The van der Waals surface area contributed by atoms with Crippen LogP contribution in [0.3, 0.4) is 0 Å². The van der Waals surface area contributed by atoms with Gasteiger partial charge in [-0.2, -0.15) is 0 Å². The molecule has 1 N–H and O–H groups in total. The number of hydrogen-bond acceptors (Lipinski definition) is 2. The van der Waals surface area contributed by atoms with E-state index in [0.717, 1.165) is 23.4 Å². The van der Waals surface area contributed by atoms with E-state index in [0.29, 0.717) is 11.6 Å². The van der Waals surface area contributed by atoms with E-state index in [1.807, 2.05) is 31.2 Å². The number of carbonyl (C=O) groups excluding carboxylic acids is 2. The summed E-state index contributed by atoms with van der Waals surface area (Å²) in [4.78, 5) is 26.5. The summed E-state index contributed by atoms with van der Waals surface area (Å²) in [6.07, 6.45) is 1.07. The zero-order valence-corrected chi connectivity index (χ0v) is 14.2. The van der Waals surface area contributed by atoms with Gasteiger partial charge in [0, 0.05) is 29.4 Å². The Labute approximate surface area is 146 Å². The number of nitrogens with zero attached hydrogens (tertiary/aromatic N) is 1. The lowest BCUT2D eigenvalue weighted by atomic mass is 10.1. The maximum atomic E-state index is 12.5. The van der Waals surface area contributed by atoms with Gasteiger partial charge in [-0.25, -0.2) is 0 Å². The number of carbonyl (C=O) groups is 2. The summed E-state index contributed by atoms with van der Waals surface area (Å²) in [6, 6.07) is 14.8. The summed E-state index contributed by atoms with van der Waals surface area (Å²) in [5.74, 6) is -0.500. The van der Waals surface area contributed by atoms with Crippen LogP contribution < -0.4 is 10.2 Å². The van der Waals surface area contributed by atoms with Crippen molar-refractivity contribution >= 4 is 34.8 Å². The monoisotopic (exact) mass is 342 g/mol. The Bertz CT molecular complexity index is 758. The average Bonchev–Trinajstić information content (AvgIpc) is 2.98. The molecular formula is C19H19ClN2O2. The standard InChI is InChI=1S/C19H19ClN2O2/c1-2-13-5-3-4-6-17(13)21-19(24)14-11-18(23)22(12-14)16-9-7-15(20)8-10-16/h3-10,14H,2,11-12H2,1H3,(H,21,24). The van der Waals surface area contributed by atoms with Crippen LogP contribution in [-0.4, -0.2) is 18.4 Å². The van der Waals surface area contributed by atoms with Crippen molar-refractivity contribution in [3.05, 3.63) is 59.1 Å².